The molecule has 0 bridgehead atoms. The average molecular weight is 250 g/mol. The van der Waals surface area contributed by atoms with Crippen LogP contribution in [0.15, 0.2) is 18.2 Å². The number of anilines is 1. The molecule has 4 nitrogen and oxygen atoms in total. The van der Waals surface area contributed by atoms with Crippen LogP contribution in [0.5, 0.6) is 5.75 Å². The molecule has 0 spiro atoms. The third-order valence-corrected chi connectivity index (χ3v) is 3.33. The summed E-state index contributed by atoms with van der Waals surface area (Å²) in [5, 5.41) is 3.41. The summed E-state index contributed by atoms with van der Waals surface area (Å²) < 4.78 is 10.8. The van der Waals surface area contributed by atoms with E-state index >= 15 is 0 Å². The molecule has 1 fully saturated rings. The number of ether oxygens (including phenoxy) is 2. The minimum absolute atomic E-state index is 0.445. The summed E-state index contributed by atoms with van der Waals surface area (Å²) in [5.41, 5.74) is 7.82. The lowest BCUT2D eigenvalue weighted by molar-refractivity contribution is 0.104. The van der Waals surface area contributed by atoms with Crippen molar-refractivity contribution in [1.82, 2.24) is 5.32 Å². The van der Waals surface area contributed by atoms with Gasteiger partial charge in [-0.3, -0.25) is 0 Å². The number of hydrogen-bond acceptors (Lipinski definition) is 4. The molecule has 18 heavy (non-hydrogen) atoms. The Labute approximate surface area is 108 Å². The minimum Gasteiger partial charge on any atom is -0.497 e. The normalized spacial score (nSPS) is 19.1. The van der Waals surface area contributed by atoms with Gasteiger partial charge in [0.05, 0.1) is 13.2 Å². The van der Waals surface area contributed by atoms with Crippen LogP contribution in [0.1, 0.15) is 24.8 Å². The lowest BCUT2D eigenvalue weighted by Crippen LogP contribution is -2.20. The first-order valence-electron chi connectivity index (χ1n) is 6.54. The average Bonchev–Trinajstić information content (AvgIpc) is 2.89. The van der Waals surface area contributed by atoms with E-state index in [1.165, 1.54) is 12.8 Å². The fourth-order valence-corrected chi connectivity index (χ4v) is 2.22. The Morgan fingerprint density at radius 1 is 1.50 bits per heavy atom. The van der Waals surface area contributed by atoms with E-state index in [9.17, 15) is 0 Å². The van der Waals surface area contributed by atoms with E-state index in [-0.39, 0.29) is 0 Å². The molecule has 1 aliphatic rings. The van der Waals surface area contributed by atoms with Crippen molar-refractivity contribution < 1.29 is 9.47 Å². The van der Waals surface area contributed by atoms with Crippen LogP contribution >= 0.6 is 0 Å². The third-order valence-electron chi connectivity index (χ3n) is 3.33. The maximum atomic E-state index is 5.93. The first kappa shape index (κ1) is 13.2. The Morgan fingerprint density at radius 2 is 2.39 bits per heavy atom. The minimum atomic E-state index is 0.445. The summed E-state index contributed by atoms with van der Waals surface area (Å²) >= 11 is 0. The highest BCUT2D eigenvalue weighted by Crippen LogP contribution is 2.19. The molecule has 100 valence electrons. The zero-order valence-electron chi connectivity index (χ0n) is 10.9. The van der Waals surface area contributed by atoms with Gasteiger partial charge in [0.2, 0.25) is 0 Å². The summed E-state index contributed by atoms with van der Waals surface area (Å²) in [7, 11) is 1.67. The Hall–Kier alpha value is -1.26. The van der Waals surface area contributed by atoms with Crippen molar-refractivity contribution in [3.05, 3.63) is 23.8 Å². The summed E-state index contributed by atoms with van der Waals surface area (Å²) in [4.78, 5) is 0. The third kappa shape index (κ3) is 3.62. The van der Waals surface area contributed by atoms with Gasteiger partial charge in [-0.2, -0.15) is 0 Å². The smallest absolute Gasteiger partial charge is 0.119 e. The lowest BCUT2D eigenvalue weighted by Gasteiger charge is -2.12. The molecular weight excluding hydrogens is 228 g/mol. The zero-order valence-corrected chi connectivity index (χ0v) is 10.9. The summed E-state index contributed by atoms with van der Waals surface area (Å²) in [6, 6.07) is 5.75. The van der Waals surface area contributed by atoms with Gasteiger partial charge in [0.1, 0.15) is 5.75 Å². The molecule has 1 heterocycles. The Bertz CT molecular complexity index is 376. The molecule has 1 atom stereocenters. The van der Waals surface area contributed by atoms with Crippen molar-refractivity contribution in [3.63, 3.8) is 0 Å². The van der Waals surface area contributed by atoms with Crippen molar-refractivity contribution in [1.29, 1.82) is 0 Å². The highest BCUT2D eigenvalue weighted by molar-refractivity contribution is 5.50. The molecular formula is C14H22N2O2. The van der Waals surface area contributed by atoms with Gasteiger partial charge in [0, 0.05) is 18.8 Å². The van der Waals surface area contributed by atoms with E-state index in [1.807, 2.05) is 18.2 Å². The molecule has 3 N–H and O–H groups in total. The Kier molecular flexibility index (Phi) is 4.84. The van der Waals surface area contributed by atoms with Gasteiger partial charge in [-0.1, -0.05) is 0 Å². The molecule has 4 heteroatoms. The summed E-state index contributed by atoms with van der Waals surface area (Å²) in [6.07, 6.45) is 3.92. The van der Waals surface area contributed by atoms with Crippen LogP contribution in [-0.2, 0) is 11.3 Å². The van der Waals surface area contributed by atoms with E-state index in [0.29, 0.717) is 6.10 Å². The van der Waals surface area contributed by atoms with Gasteiger partial charge < -0.3 is 20.5 Å². The van der Waals surface area contributed by atoms with Crippen LogP contribution in [0.3, 0.4) is 0 Å². The predicted octanol–water partition coefficient (Wildman–Crippen LogP) is 1.94. The molecule has 1 unspecified atom stereocenters. The van der Waals surface area contributed by atoms with Crippen LogP contribution in [0, 0.1) is 0 Å². The van der Waals surface area contributed by atoms with Gasteiger partial charge in [0.25, 0.3) is 0 Å². The van der Waals surface area contributed by atoms with E-state index in [1.54, 1.807) is 7.11 Å². The Balaban J connectivity index is 1.75. The van der Waals surface area contributed by atoms with Crippen molar-refractivity contribution in [3.8, 4) is 5.75 Å². The van der Waals surface area contributed by atoms with Crippen LogP contribution in [0.2, 0.25) is 0 Å². The van der Waals surface area contributed by atoms with Crippen molar-refractivity contribution in [2.45, 2.75) is 31.9 Å². The molecule has 0 amide bonds. The topological polar surface area (TPSA) is 56.5 Å². The molecule has 1 aromatic carbocycles. The Morgan fingerprint density at radius 3 is 3.11 bits per heavy atom. The van der Waals surface area contributed by atoms with E-state index in [2.05, 4.69) is 5.32 Å². The fourth-order valence-electron chi connectivity index (χ4n) is 2.22. The van der Waals surface area contributed by atoms with Crippen LogP contribution in [-0.4, -0.2) is 26.4 Å². The van der Waals surface area contributed by atoms with Crippen molar-refractivity contribution in [2.75, 3.05) is 26.0 Å². The number of nitrogen functional groups attached to an aromatic ring is 1. The van der Waals surface area contributed by atoms with E-state index in [0.717, 1.165) is 43.1 Å². The monoisotopic (exact) mass is 250 g/mol. The first-order chi connectivity index (χ1) is 8.79. The standard InChI is InChI=1S/C14H22N2O2/c1-17-13-4-5-14(15)11(9-13)10-16-7-6-12-3-2-8-18-12/h4-5,9,12,16H,2-3,6-8,10,15H2,1H3. The number of rotatable bonds is 6. The van der Waals surface area contributed by atoms with Gasteiger partial charge in [0.15, 0.2) is 0 Å². The van der Waals surface area contributed by atoms with Gasteiger partial charge in [-0.05, 0) is 49.6 Å². The molecule has 2 rings (SSSR count). The van der Waals surface area contributed by atoms with E-state index < -0.39 is 0 Å². The van der Waals surface area contributed by atoms with Crippen LogP contribution in [0.4, 0.5) is 5.69 Å². The van der Waals surface area contributed by atoms with Crippen molar-refractivity contribution >= 4 is 5.69 Å². The van der Waals surface area contributed by atoms with Crippen molar-refractivity contribution in [2.24, 2.45) is 0 Å². The van der Waals surface area contributed by atoms with Gasteiger partial charge in [-0.25, -0.2) is 0 Å². The van der Waals surface area contributed by atoms with E-state index in [4.69, 9.17) is 15.2 Å². The quantitative estimate of drug-likeness (QED) is 0.598. The molecule has 1 saturated heterocycles. The zero-order chi connectivity index (χ0) is 12.8. The van der Waals surface area contributed by atoms with Gasteiger partial charge in [-0.15, -0.1) is 0 Å². The van der Waals surface area contributed by atoms with Crippen LogP contribution < -0.4 is 15.8 Å². The number of methoxy groups -OCH3 is 1. The SMILES string of the molecule is COc1ccc(N)c(CNCCC2CCCO2)c1. The molecule has 0 saturated carbocycles. The number of hydrogen-bond donors (Lipinski definition) is 2. The molecule has 0 aliphatic carbocycles. The summed E-state index contributed by atoms with van der Waals surface area (Å²) in [5.74, 6) is 0.847. The second-order valence-corrected chi connectivity index (χ2v) is 4.67. The highest BCUT2D eigenvalue weighted by atomic mass is 16.5. The second-order valence-electron chi connectivity index (χ2n) is 4.67. The molecule has 0 aromatic heterocycles. The second kappa shape index (κ2) is 6.61. The summed E-state index contributed by atoms with van der Waals surface area (Å²) in [6.45, 7) is 2.66. The van der Waals surface area contributed by atoms with Gasteiger partial charge >= 0.3 is 0 Å². The largest absolute Gasteiger partial charge is 0.497 e. The highest BCUT2D eigenvalue weighted by Gasteiger charge is 2.14. The molecule has 1 aliphatic heterocycles. The maximum Gasteiger partial charge on any atom is 0.119 e. The number of nitrogens with two attached hydrogens (primary N) is 1. The molecule has 0 radical (unpaired) electrons. The fraction of sp³-hybridized carbons (Fsp3) is 0.571. The van der Waals surface area contributed by atoms with Crippen LogP contribution in [0.25, 0.3) is 0 Å². The predicted molar refractivity (Wildman–Crippen MR) is 72.7 cm³/mol. The molecule has 1 aromatic rings. The number of nitrogens with one attached hydrogen (secondary N) is 1. The first-order valence-corrected chi connectivity index (χ1v) is 6.54. The number of benzene rings is 1. The lowest BCUT2D eigenvalue weighted by atomic mass is 10.1. The maximum absolute atomic E-state index is 5.93.